The van der Waals surface area contributed by atoms with Crippen LogP contribution in [0.5, 0.6) is 11.6 Å². The van der Waals surface area contributed by atoms with E-state index in [1.54, 1.807) is 13.1 Å². The number of rotatable bonds is 8. The summed E-state index contributed by atoms with van der Waals surface area (Å²) in [6.07, 6.45) is -0.383. The van der Waals surface area contributed by atoms with Gasteiger partial charge in [-0.15, -0.1) is 0 Å². The van der Waals surface area contributed by atoms with Crippen LogP contribution in [-0.2, 0) is 6.61 Å². The number of nitrogens with zero attached hydrogens (tertiary/aromatic N) is 5. The average molecular weight is 458 g/mol. The molecule has 1 N–H and O–H groups in total. The first kappa shape index (κ1) is 22.5. The first-order valence-corrected chi connectivity index (χ1v) is 10.1. The van der Waals surface area contributed by atoms with Crippen molar-refractivity contribution in [2.24, 2.45) is 0 Å². The predicted octanol–water partition coefficient (Wildman–Crippen LogP) is 3.99. The van der Waals surface area contributed by atoms with Crippen molar-refractivity contribution in [3.05, 3.63) is 66.4 Å². The van der Waals surface area contributed by atoms with Crippen molar-refractivity contribution >= 4 is 5.65 Å². The summed E-state index contributed by atoms with van der Waals surface area (Å²) in [5.74, 6) is 0.450. The Balaban J connectivity index is 1.77. The second kappa shape index (κ2) is 9.41. The van der Waals surface area contributed by atoms with E-state index in [2.05, 4.69) is 25.4 Å². The summed E-state index contributed by atoms with van der Waals surface area (Å²) in [6.45, 7) is 1.95. The maximum atomic E-state index is 13.6. The zero-order chi connectivity index (χ0) is 23.4. The van der Waals surface area contributed by atoms with Gasteiger partial charge in [0.15, 0.2) is 0 Å². The number of aromatic nitrogens is 5. The van der Waals surface area contributed by atoms with E-state index in [4.69, 9.17) is 9.47 Å². The van der Waals surface area contributed by atoms with Gasteiger partial charge < -0.3 is 14.8 Å². The number of hydrogen-bond donors (Lipinski definition) is 1. The first-order chi connectivity index (χ1) is 15.9. The highest BCUT2D eigenvalue weighted by Crippen LogP contribution is 2.36. The Morgan fingerprint density at radius 1 is 1.15 bits per heavy atom. The molecule has 33 heavy (non-hydrogen) atoms. The standard InChI is InChI=1S/C22H21F3N6O2/c1-3-26-19(22(23,24)25)16-9-15(18(32-2)10-27-16)17-11-31-20(28-13-29-31)21(30-17)33-12-14-7-5-4-6-8-14/h4-11,13,19,26H,3,12H2,1-2H3. The lowest BCUT2D eigenvalue weighted by atomic mass is 10.1. The van der Waals surface area contributed by atoms with Crippen LogP contribution in [0.3, 0.4) is 0 Å². The molecule has 0 bridgehead atoms. The van der Waals surface area contributed by atoms with Gasteiger partial charge in [-0.05, 0) is 18.2 Å². The normalized spacial score (nSPS) is 12.6. The molecule has 3 aromatic heterocycles. The minimum absolute atomic E-state index is 0.119. The Bertz CT molecular complexity index is 1230. The summed E-state index contributed by atoms with van der Waals surface area (Å²) in [7, 11) is 1.41. The zero-order valence-electron chi connectivity index (χ0n) is 17.9. The van der Waals surface area contributed by atoms with E-state index in [1.165, 1.54) is 30.2 Å². The monoisotopic (exact) mass is 458 g/mol. The molecule has 3 heterocycles. The van der Waals surface area contributed by atoms with Crippen molar-refractivity contribution in [3.63, 3.8) is 0 Å². The van der Waals surface area contributed by atoms with E-state index < -0.39 is 12.2 Å². The molecule has 0 spiro atoms. The molecular formula is C22H21F3N6O2. The van der Waals surface area contributed by atoms with Crippen LogP contribution in [0.4, 0.5) is 13.2 Å². The Kier molecular flexibility index (Phi) is 6.40. The molecule has 0 amide bonds. The Morgan fingerprint density at radius 2 is 1.94 bits per heavy atom. The number of fused-ring (bicyclic) bond motifs is 1. The number of ether oxygens (including phenoxy) is 2. The quantitative estimate of drug-likeness (QED) is 0.427. The molecule has 0 fully saturated rings. The molecule has 4 aromatic rings. The highest BCUT2D eigenvalue weighted by molar-refractivity contribution is 5.69. The molecular weight excluding hydrogens is 437 g/mol. The fourth-order valence-corrected chi connectivity index (χ4v) is 3.33. The molecule has 1 aromatic carbocycles. The lowest BCUT2D eigenvalue weighted by molar-refractivity contribution is -0.158. The molecule has 0 saturated heterocycles. The fraction of sp³-hybridized carbons (Fsp3) is 0.273. The van der Waals surface area contributed by atoms with Gasteiger partial charge in [-0.25, -0.2) is 14.5 Å². The van der Waals surface area contributed by atoms with Gasteiger partial charge in [0.1, 0.15) is 24.7 Å². The SMILES string of the molecule is CCNC(c1cc(-c2cn3ncnc3c(OCc3ccccc3)n2)c(OC)cn1)C(F)(F)F. The fourth-order valence-electron chi connectivity index (χ4n) is 3.33. The molecule has 1 unspecified atom stereocenters. The lowest BCUT2D eigenvalue weighted by Gasteiger charge is -2.21. The summed E-state index contributed by atoms with van der Waals surface area (Å²) in [5.41, 5.74) is 1.71. The van der Waals surface area contributed by atoms with E-state index >= 15 is 0 Å². The largest absolute Gasteiger partial charge is 0.494 e. The lowest BCUT2D eigenvalue weighted by Crippen LogP contribution is -2.34. The smallest absolute Gasteiger partial charge is 0.409 e. The number of pyridine rings is 1. The minimum Gasteiger partial charge on any atom is -0.494 e. The van der Waals surface area contributed by atoms with Crippen LogP contribution >= 0.6 is 0 Å². The third-order valence-corrected chi connectivity index (χ3v) is 4.87. The highest BCUT2D eigenvalue weighted by atomic mass is 19.4. The summed E-state index contributed by atoms with van der Waals surface area (Å²) in [6, 6.07) is 8.86. The van der Waals surface area contributed by atoms with Gasteiger partial charge in [0.2, 0.25) is 5.65 Å². The van der Waals surface area contributed by atoms with Crippen LogP contribution in [0.1, 0.15) is 24.2 Å². The van der Waals surface area contributed by atoms with Crippen molar-refractivity contribution in [1.29, 1.82) is 0 Å². The molecule has 1 atom stereocenters. The van der Waals surface area contributed by atoms with E-state index in [0.29, 0.717) is 16.9 Å². The molecule has 0 aliphatic heterocycles. The molecule has 0 radical (unpaired) electrons. The van der Waals surface area contributed by atoms with Gasteiger partial charge in [0, 0.05) is 5.56 Å². The van der Waals surface area contributed by atoms with Crippen LogP contribution in [0, 0.1) is 0 Å². The summed E-state index contributed by atoms with van der Waals surface area (Å²) < 4.78 is 53.5. The zero-order valence-corrected chi connectivity index (χ0v) is 17.9. The van der Waals surface area contributed by atoms with E-state index in [1.807, 2.05) is 30.3 Å². The van der Waals surface area contributed by atoms with E-state index in [9.17, 15) is 13.2 Å². The Morgan fingerprint density at radius 3 is 2.64 bits per heavy atom. The number of halogens is 3. The number of nitrogens with one attached hydrogen (secondary N) is 1. The Labute approximate surface area is 187 Å². The molecule has 11 heteroatoms. The number of methoxy groups -OCH3 is 1. The number of hydrogen-bond acceptors (Lipinski definition) is 7. The van der Waals surface area contributed by atoms with Gasteiger partial charge in [-0.3, -0.25) is 4.98 Å². The van der Waals surface area contributed by atoms with Gasteiger partial charge in [0.05, 0.1) is 30.9 Å². The summed E-state index contributed by atoms with van der Waals surface area (Å²) in [4.78, 5) is 12.7. The van der Waals surface area contributed by atoms with E-state index in [-0.39, 0.29) is 30.5 Å². The maximum Gasteiger partial charge on any atom is 0.409 e. The van der Waals surface area contributed by atoms with E-state index in [0.717, 1.165) is 5.56 Å². The second-order valence-electron chi connectivity index (χ2n) is 7.08. The van der Waals surface area contributed by atoms with Crippen molar-refractivity contribution in [1.82, 2.24) is 29.9 Å². The van der Waals surface area contributed by atoms with Crippen molar-refractivity contribution in [2.45, 2.75) is 25.7 Å². The predicted molar refractivity (Wildman–Crippen MR) is 114 cm³/mol. The number of alkyl halides is 3. The summed E-state index contributed by atoms with van der Waals surface area (Å²) in [5, 5.41) is 6.57. The topological polar surface area (TPSA) is 86.5 Å². The van der Waals surface area contributed by atoms with Crippen LogP contribution in [0.2, 0.25) is 0 Å². The second-order valence-corrected chi connectivity index (χ2v) is 7.08. The van der Waals surface area contributed by atoms with Crippen molar-refractivity contribution in [3.8, 4) is 22.9 Å². The maximum absolute atomic E-state index is 13.6. The molecule has 172 valence electrons. The van der Waals surface area contributed by atoms with Crippen molar-refractivity contribution in [2.75, 3.05) is 13.7 Å². The average Bonchev–Trinajstić information content (AvgIpc) is 3.29. The highest BCUT2D eigenvalue weighted by Gasteiger charge is 2.41. The van der Waals surface area contributed by atoms with Crippen LogP contribution in [-0.4, -0.2) is 44.4 Å². The van der Waals surface area contributed by atoms with Crippen LogP contribution in [0.15, 0.2) is 55.1 Å². The molecule has 0 saturated carbocycles. The minimum atomic E-state index is -4.53. The van der Waals surface area contributed by atoms with Crippen LogP contribution < -0.4 is 14.8 Å². The molecule has 8 nitrogen and oxygen atoms in total. The first-order valence-electron chi connectivity index (χ1n) is 10.1. The summed E-state index contributed by atoms with van der Waals surface area (Å²) >= 11 is 0. The van der Waals surface area contributed by atoms with Gasteiger partial charge in [-0.1, -0.05) is 37.3 Å². The van der Waals surface area contributed by atoms with Gasteiger partial charge >= 0.3 is 6.18 Å². The van der Waals surface area contributed by atoms with Gasteiger partial charge in [-0.2, -0.15) is 18.3 Å². The van der Waals surface area contributed by atoms with Crippen molar-refractivity contribution < 1.29 is 22.6 Å². The molecule has 0 aliphatic carbocycles. The van der Waals surface area contributed by atoms with Crippen LogP contribution in [0.25, 0.3) is 16.9 Å². The number of benzene rings is 1. The third-order valence-electron chi connectivity index (χ3n) is 4.87. The Hall–Kier alpha value is -3.73. The molecule has 4 rings (SSSR count). The molecule has 0 aliphatic rings. The third kappa shape index (κ3) is 4.87. The van der Waals surface area contributed by atoms with Gasteiger partial charge in [0.25, 0.3) is 5.88 Å².